The van der Waals surface area contributed by atoms with Crippen molar-refractivity contribution in [2.45, 2.75) is 42.1 Å². The fraction of sp³-hybridized carbons (Fsp3) is 0.294. The lowest BCUT2D eigenvalue weighted by atomic mass is 10.2. The summed E-state index contributed by atoms with van der Waals surface area (Å²) in [5.74, 6) is 0. The van der Waals surface area contributed by atoms with Crippen molar-refractivity contribution in [3.63, 3.8) is 0 Å². The topological polar surface area (TPSA) is 92.3 Å². The molecule has 0 bridgehead atoms. The van der Waals surface area contributed by atoms with E-state index in [-0.39, 0.29) is 9.79 Å². The van der Waals surface area contributed by atoms with E-state index >= 15 is 0 Å². The van der Waals surface area contributed by atoms with E-state index in [2.05, 4.69) is 9.44 Å². The fourth-order valence-corrected chi connectivity index (χ4v) is 5.00. The summed E-state index contributed by atoms with van der Waals surface area (Å²) in [6, 6.07) is 12.1. The molecule has 2 N–H and O–H groups in total. The van der Waals surface area contributed by atoms with Crippen LogP contribution in [-0.4, -0.2) is 28.9 Å². The normalized spacial score (nSPS) is 20.4. The molecule has 1 fully saturated rings. The lowest BCUT2D eigenvalue weighted by Gasteiger charge is -2.09. The molecule has 25 heavy (non-hydrogen) atoms. The maximum absolute atomic E-state index is 12.3. The minimum atomic E-state index is -3.66. The molecule has 1 saturated carbocycles. The summed E-state index contributed by atoms with van der Waals surface area (Å²) in [5.41, 5.74) is 1.93. The second-order valence-electron chi connectivity index (χ2n) is 6.32. The van der Waals surface area contributed by atoms with Gasteiger partial charge in [-0.15, -0.1) is 0 Å². The molecule has 1 aliphatic carbocycles. The number of benzene rings is 2. The lowest BCUT2D eigenvalue weighted by Crippen LogP contribution is -2.34. The van der Waals surface area contributed by atoms with Crippen molar-refractivity contribution >= 4 is 20.0 Å². The van der Waals surface area contributed by atoms with Gasteiger partial charge in [0.05, 0.1) is 9.79 Å². The van der Waals surface area contributed by atoms with Gasteiger partial charge in [-0.1, -0.05) is 35.4 Å². The monoisotopic (exact) mass is 380 g/mol. The second-order valence-corrected chi connectivity index (χ2v) is 9.75. The van der Waals surface area contributed by atoms with Crippen LogP contribution >= 0.6 is 0 Å². The highest BCUT2D eigenvalue weighted by molar-refractivity contribution is 7.90. The van der Waals surface area contributed by atoms with Gasteiger partial charge in [0.2, 0.25) is 20.0 Å². The van der Waals surface area contributed by atoms with Gasteiger partial charge < -0.3 is 0 Å². The summed E-state index contributed by atoms with van der Waals surface area (Å²) in [6.45, 7) is 3.75. The Labute approximate surface area is 148 Å². The maximum Gasteiger partial charge on any atom is 0.240 e. The first-order chi connectivity index (χ1) is 11.7. The lowest BCUT2D eigenvalue weighted by molar-refractivity contribution is 0.569. The number of hydrogen-bond acceptors (Lipinski definition) is 4. The van der Waals surface area contributed by atoms with Crippen LogP contribution in [0.3, 0.4) is 0 Å². The van der Waals surface area contributed by atoms with Gasteiger partial charge in [0.25, 0.3) is 0 Å². The van der Waals surface area contributed by atoms with E-state index in [0.717, 1.165) is 11.1 Å². The Morgan fingerprint density at radius 2 is 1.00 bits per heavy atom. The Morgan fingerprint density at radius 1 is 0.680 bits per heavy atom. The van der Waals surface area contributed by atoms with E-state index in [9.17, 15) is 16.8 Å². The number of rotatable bonds is 6. The molecule has 0 aliphatic heterocycles. The highest BCUT2D eigenvalue weighted by atomic mass is 32.2. The quantitative estimate of drug-likeness (QED) is 0.798. The Kier molecular flexibility index (Phi) is 4.72. The molecule has 1 aliphatic rings. The smallest absolute Gasteiger partial charge is 0.207 e. The van der Waals surface area contributed by atoms with Crippen LogP contribution in [0.4, 0.5) is 0 Å². The van der Waals surface area contributed by atoms with E-state index < -0.39 is 32.1 Å². The molecule has 0 heterocycles. The van der Waals surface area contributed by atoms with Crippen LogP contribution in [0.1, 0.15) is 17.5 Å². The molecule has 0 radical (unpaired) electrons. The Balaban J connectivity index is 1.65. The average molecular weight is 380 g/mol. The van der Waals surface area contributed by atoms with Crippen molar-refractivity contribution in [1.82, 2.24) is 9.44 Å². The van der Waals surface area contributed by atoms with Gasteiger partial charge in [0.15, 0.2) is 0 Å². The van der Waals surface area contributed by atoms with E-state index in [1.54, 1.807) is 24.3 Å². The van der Waals surface area contributed by atoms with Gasteiger partial charge in [-0.2, -0.15) is 0 Å². The molecular formula is C17H20N2O4S2. The molecule has 2 aromatic carbocycles. The molecule has 0 saturated heterocycles. The molecule has 134 valence electrons. The predicted octanol–water partition coefficient (Wildman–Crippen LogP) is 1.70. The summed E-state index contributed by atoms with van der Waals surface area (Å²) >= 11 is 0. The van der Waals surface area contributed by atoms with Crippen molar-refractivity contribution in [1.29, 1.82) is 0 Å². The third-order valence-corrected chi connectivity index (χ3v) is 7.08. The highest BCUT2D eigenvalue weighted by Gasteiger charge is 2.43. The average Bonchev–Trinajstić information content (AvgIpc) is 3.23. The second kappa shape index (κ2) is 6.53. The Hall–Kier alpha value is -1.74. The number of hydrogen-bond donors (Lipinski definition) is 2. The van der Waals surface area contributed by atoms with Crippen LogP contribution in [0.15, 0.2) is 58.3 Å². The standard InChI is InChI=1S/C17H20N2O4S2/c1-12-3-7-14(8-4-12)24(20,21)18-16-11-17(16)19-25(22,23)15-9-5-13(2)6-10-15/h3-10,16-19H,11H2,1-2H3. The van der Waals surface area contributed by atoms with Crippen LogP contribution in [0.5, 0.6) is 0 Å². The molecule has 0 amide bonds. The van der Waals surface area contributed by atoms with Crippen LogP contribution in [0, 0.1) is 13.8 Å². The molecule has 0 aromatic heterocycles. The zero-order valence-corrected chi connectivity index (χ0v) is 15.6. The maximum atomic E-state index is 12.3. The minimum absolute atomic E-state index is 0.171. The minimum Gasteiger partial charge on any atom is -0.207 e. The first-order valence-corrected chi connectivity index (χ1v) is 10.8. The highest BCUT2D eigenvalue weighted by Crippen LogP contribution is 2.26. The van der Waals surface area contributed by atoms with Gasteiger partial charge in [-0.25, -0.2) is 26.3 Å². The predicted molar refractivity (Wildman–Crippen MR) is 95.2 cm³/mol. The zero-order valence-electron chi connectivity index (χ0n) is 13.9. The number of nitrogens with one attached hydrogen (secondary N) is 2. The molecule has 2 aromatic rings. The molecule has 0 spiro atoms. The van der Waals surface area contributed by atoms with E-state index in [1.807, 2.05) is 13.8 Å². The first kappa shape index (κ1) is 18.1. The van der Waals surface area contributed by atoms with Gasteiger partial charge >= 0.3 is 0 Å². The van der Waals surface area contributed by atoms with E-state index in [4.69, 9.17) is 0 Å². The zero-order chi connectivity index (χ0) is 18.2. The molecule has 3 rings (SSSR count). The van der Waals surface area contributed by atoms with E-state index in [0.29, 0.717) is 6.42 Å². The van der Waals surface area contributed by atoms with Crippen LogP contribution in [0.25, 0.3) is 0 Å². The van der Waals surface area contributed by atoms with Gasteiger partial charge in [-0.05, 0) is 44.5 Å². The third-order valence-electron chi connectivity index (χ3n) is 4.07. The molecule has 6 nitrogen and oxygen atoms in total. The van der Waals surface area contributed by atoms with E-state index in [1.165, 1.54) is 24.3 Å². The fourth-order valence-electron chi connectivity index (χ4n) is 2.42. The summed E-state index contributed by atoms with van der Waals surface area (Å²) in [5, 5.41) is 0. The number of aryl methyl sites for hydroxylation is 2. The largest absolute Gasteiger partial charge is 0.240 e. The van der Waals surface area contributed by atoms with Crippen molar-refractivity contribution < 1.29 is 16.8 Å². The molecule has 8 heteroatoms. The van der Waals surface area contributed by atoms with Crippen LogP contribution < -0.4 is 9.44 Å². The first-order valence-electron chi connectivity index (χ1n) is 7.85. The van der Waals surface area contributed by atoms with Gasteiger partial charge in [0, 0.05) is 12.1 Å². The SMILES string of the molecule is Cc1ccc(S(=O)(=O)NC2CC2NS(=O)(=O)c2ccc(C)cc2)cc1. The van der Waals surface area contributed by atoms with Crippen LogP contribution in [-0.2, 0) is 20.0 Å². The van der Waals surface area contributed by atoms with Gasteiger partial charge in [0.1, 0.15) is 0 Å². The van der Waals surface area contributed by atoms with Crippen molar-refractivity contribution in [2.75, 3.05) is 0 Å². The summed E-state index contributed by atoms with van der Waals surface area (Å²) < 4.78 is 54.4. The van der Waals surface area contributed by atoms with Crippen LogP contribution in [0.2, 0.25) is 0 Å². The van der Waals surface area contributed by atoms with Gasteiger partial charge in [-0.3, -0.25) is 0 Å². The summed E-state index contributed by atoms with van der Waals surface area (Å²) in [6.07, 6.45) is 0.427. The van der Waals surface area contributed by atoms with Crippen molar-refractivity contribution in [3.05, 3.63) is 59.7 Å². The third kappa shape index (κ3) is 4.27. The summed E-state index contributed by atoms with van der Waals surface area (Å²) in [4.78, 5) is 0.343. The molecule has 2 atom stereocenters. The van der Waals surface area contributed by atoms with Crippen molar-refractivity contribution in [2.24, 2.45) is 0 Å². The molecule has 2 unspecified atom stereocenters. The Bertz CT molecular complexity index is 885. The van der Waals surface area contributed by atoms with Crippen molar-refractivity contribution in [3.8, 4) is 0 Å². The Morgan fingerprint density at radius 3 is 1.32 bits per heavy atom. The summed E-state index contributed by atoms with van der Waals surface area (Å²) in [7, 11) is -7.31. The molecular weight excluding hydrogens is 360 g/mol. The number of sulfonamides is 2.